The number of amides is 1. The second-order valence-corrected chi connectivity index (χ2v) is 4.05. The Bertz CT molecular complexity index is 245. The average Bonchev–Trinajstić information content (AvgIpc) is 2.23. The van der Waals surface area contributed by atoms with Crippen LogP contribution >= 0.6 is 0 Å². The van der Waals surface area contributed by atoms with Crippen LogP contribution in [-0.2, 0) is 4.79 Å². The van der Waals surface area contributed by atoms with E-state index in [1.54, 1.807) is 4.90 Å². The maximum Gasteiger partial charge on any atom is 0.226 e. The summed E-state index contributed by atoms with van der Waals surface area (Å²) in [5.41, 5.74) is 5.68. The van der Waals surface area contributed by atoms with Crippen molar-refractivity contribution in [3.05, 3.63) is 0 Å². The van der Waals surface area contributed by atoms with Crippen LogP contribution in [0.5, 0.6) is 0 Å². The summed E-state index contributed by atoms with van der Waals surface area (Å²) in [5.74, 6) is -0.278. The first-order valence-corrected chi connectivity index (χ1v) is 5.38. The fourth-order valence-corrected chi connectivity index (χ4v) is 1.26. The highest BCUT2D eigenvalue weighted by Crippen LogP contribution is 2.08. The van der Waals surface area contributed by atoms with Gasteiger partial charge in [-0.2, -0.15) is 5.26 Å². The van der Waals surface area contributed by atoms with Gasteiger partial charge < -0.3 is 10.6 Å². The third kappa shape index (κ3) is 4.30. The Morgan fingerprint density at radius 2 is 2.00 bits per heavy atom. The molecule has 0 aliphatic carbocycles. The maximum absolute atomic E-state index is 11.9. The number of nitrogens with zero attached hydrogens (tertiary/aromatic N) is 2. The molecule has 0 saturated heterocycles. The second-order valence-electron chi connectivity index (χ2n) is 4.05. The molecule has 15 heavy (non-hydrogen) atoms. The first-order valence-electron chi connectivity index (χ1n) is 5.38. The van der Waals surface area contributed by atoms with Gasteiger partial charge in [-0.25, -0.2) is 0 Å². The van der Waals surface area contributed by atoms with Gasteiger partial charge in [-0.05, 0) is 20.8 Å². The van der Waals surface area contributed by atoms with Crippen molar-refractivity contribution in [1.82, 2.24) is 4.90 Å². The highest BCUT2D eigenvalue weighted by Gasteiger charge is 2.23. The molecule has 0 radical (unpaired) electrons. The zero-order valence-electron chi connectivity index (χ0n) is 10.0. The molecule has 0 aliphatic rings. The summed E-state index contributed by atoms with van der Waals surface area (Å²) in [6, 6.07) is 1.98. The van der Waals surface area contributed by atoms with Crippen LogP contribution in [0.15, 0.2) is 0 Å². The Balaban J connectivity index is 4.42. The lowest BCUT2D eigenvalue weighted by Crippen LogP contribution is -2.43. The van der Waals surface area contributed by atoms with Gasteiger partial charge >= 0.3 is 0 Å². The van der Waals surface area contributed by atoms with Gasteiger partial charge in [-0.3, -0.25) is 4.79 Å². The Morgan fingerprint density at radius 1 is 1.47 bits per heavy atom. The highest BCUT2D eigenvalue weighted by molar-refractivity contribution is 5.79. The quantitative estimate of drug-likeness (QED) is 0.737. The van der Waals surface area contributed by atoms with E-state index in [0.29, 0.717) is 13.1 Å². The van der Waals surface area contributed by atoms with Crippen LogP contribution < -0.4 is 5.73 Å². The summed E-state index contributed by atoms with van der Waals surface area (Å²) in [5, 5.41) is 8.70. The molecule has 0 aliphatic heterocycles. The Labute approximate surface area is 92.0 Å². The van der Waals surface area contributed by atoms with E-state index in [-0.39, 0.29) is 23.8 Å². The predicted molar refractivity (Wildman–Crippen MR) is 59.8 cm³/mol. The van der Waals surface area contributed by atoms with Gasteiger partial charge in [-0.15, -0.1) is 0 Å². The van der Waals surface area contributed by atoms with Crippen LogP contribution in [-0.4, -0.2) is 29.9 Å². The summed E-state index contributed by atoms with van der Waals surface area (Å²) in [7, 11) is 0. The molecule has 0 aromatic rings. The van der Waals surface area contributed by atoms with E-state index in [0.717, 1.165) is 0 Å². The largest absolute Gasteiger partial charge is 0.341 e. The van der Waals surface area contributed by atoms with Gasteiger partial charge in [0.25, 0.3) is 0 Å². The van der Waals surface area contributed by atoms with Crippen LogP contribution in [0, 0.1) is 23.2 Å². The van der Waals surface area contributed by atoms with Crippen molar-refractivity contribution < 1.29 is 4.79 Å². The molecule has 0 saturated carbocycles. The lowest BCUT2D eigenvalue weighted by atomic mass is 10.0. The monoisotopic (exact) mass is 211 g/mol. The Kier molecular flexibility index (Phi) is 5.95. The van der Waals surface area contributed by atoms with E-state index < -0.39 is 0 Å². The maximum atomic E-state index is 11.9. The molecule has 0 bridgehead atoms. The van der Waals surface area contributed by atoms with Crippen LogP contribution in [0.3, 0.4) is 0 Å². The van der Waals surface area contributed by atoms with Crippen molar-refractivity contribution in [2.45, 2.75) is 33.7 Å². The molecule has 3 atom stereocenters. The van der Waals surface area contributed by atoms with Crippen molar-refractivity contribution in [1.29, 1.82) is 5.26 Å². The molecule has 4 nitrogen and oxygen atoms in total. The van der Waals surface area contributed by atoms with E-state index in [9.17, 15) is 4.79 Å². The molecule has 0 rings (SSSR count). The molecule has 4 heteroatoms. The number of rotatable bonds is 5. The first-order chi connectivity index (χ1) is 6.93. The number of carbonyl (C=O) groups excluding carboxylic acids is 1. The average molecular weight is 211 g/mol. The van der Waals surface area contributed by atoms with E-state index in [1.165, 1.54) is 0 Å². The summed E-state index contributed by atoms with van der Waals surface area (Å²) >= 11 is 0. The predicted octanol–water partition coefficient (Wildman–Crippen LogP) is 0.978. The summed E-state index contributed by atoms with van der Waals surface area (Å²) in [6.07, 6.45) is 0. The van der Waals surface area contributed by atoms with E-state index in [4.69, 9.17) is 11.0 Å². The number of hydrogen-bond acceptors (Lipinski definition) is 3. The van der Waals surface area contributed by atoms with Gasteiger partial charge in [0.1, 0.15) is 0 Å². The molecule has 86 valence electrons. The van der Waals surface area contributed by atoms with Gasteiger partial charge in [0.05, 0.1) is 17.9 Å². The van der Waals surface area contributed by atoms with Crippen molar-refractivity contribution in [2.24, 2.45) is 17.6 Å². The minimum atomic E-state index is -0.184. The third-order valence-corrected chi connectivity index (χ3v) is 2.59. The molecule has 0 spiro atoms. The van der Waals surface area contributed by atoms with E-state index >= 15 is 0 Å². The summed E-state index contributed by atoms with van der Waals surface area (Å²) in [4.78, 5) is 13.6. The Morgan fingerprint density at radius 3 is 2.33 bits per heavy atom. The fourth-order valence-electron chi connectivity index (χ4n) is 1.26. The number of nitriles is 1. The van der Waals surface area contributed by atoms with Crippen molar-refractivity contribution >= 4 is 5.91 Å². The molecule has 1 amide bonds. The zero-order chi connectivity index (χ0) is 12.0. The molecule has 0 heterocycles. The lowest BCUT2D eigenvalue weighted by molar-refractivity contribution is -0.135. The number of hydrogen-bond donors (Lipinski definition) is 1. The summed E-state index contributed by atoms with van der Waals surface area (Å²) < 4.78 is 0. The van der Waals surface area contributed by atoms with Crippen LogP contribution in [0.1, 0.15) is 27.7 Å². The Hall–Kier alpha value is -1.08. The lowest BCUT2D eigenvalue weighted by Gasteiger charge is -2.26. The molecular weight excluding hydrogens is 190 g/mol. The first kappa shape index (κ1) is 13.9. The standard InChI is InChI=1S/C11H21N3O/c1-5-14(7-8(2)6-12)11(15)9(3)10(4)13/h8-10H,5,7,13H2,1-4H3. The van der Waals surface area contributed by atoms with Gasteiger partial charge in [0, 0.05) is 19.1 Å². The summed E-state index contributed by atoms with van der Waals surface area (Å²) in [6.45, 7) is 8.49. The SMILES string of the molecule is CCN(CC(C)C#N)C(=O)C(C)C(C)N. The highest BCUT2D eigenvalue weighted by atomic mass is 16.2. The van der Waals surface area contributed by atoms with Gasteiger partial charge in [0.2, 0.25) is 5.91 Å². The topological polar surface area (TPSA) is 70.1 Å². The minimum absolute atomic E-state index is 0.0367. The molecule has 0 fully saturated rings. The van der Waals surface area contributed by atoms with Gasteiger partial charge in [0.15, 0.2) is 0 Å². The van der Waals surface area contributed by atoms with Crippen LogP contribution in [0.25, 0.3) is 0 Å². The van der Waals surface area contributed by atoms with Crippen LogP contribution in [0.2, 0.25) is 0 Å². The molecule has 3 unspecified atom stereocenters. The van der Waals surface area contributed by atoms with E-state index in [1.807, 2.05) is 27.7 Å². The molecule has 0 aromatic heterocycles. The van der Waals surface area contributed by atoms with E-state index in [2.05, 4.69) is 6.07 Å². The fraction of sp³-hybridized carbons (Fsp3) is 0.818. The number of carbonyl (C=O) groups is 1. The normalized spacial score (nSPS) is 16.3. The van der Waals surface area contributed by atoms with Crippen LogP contribution in [0.4, 0.5) is 0 Å². The molecule has 0 aromatic carbocycles. The van der Waals surface area contributed by atoms with Crippen molar-refractivity contribution in [3.63, 3.8) is 0 Å². The third-order valence-electron chi connectivity index (χ3n) is 2.59. The van der Waals surface area contributed by atoms with Crippen molar-refractivity contribution in [2.75, 3.05) is 13.1 Å². The van der Waals surface area contributed by atoms with Crippen molar-refractivity contribution in [3.8, 4) is 6.07 Å². The smallest absolute Gasteiger partial charge is 0.226 e. The van der Waals surface area contributed by atoms with Gasteiger partial charge in [-0.1, -0.05) is 6.92 Å². The molecular formula is C11H21N3O. The number of nitrogens with two attached hydrogens (primary N) is 1. The molecule has 2 N–H and O–H groups in total. The minimum Gasteiger partial charge on any atom is -0.341 e. The second kappa shape index (κ2) is 6.41. The zero-order valence-corrected chi connectivity index (χ0v) is 10.0.